The molecule has 2 aliphatic rings. The third-order valence-electron chi connectivity index (χ3n) is 5.63. The molecule has 4 nitrogen and oxygen atoms in total. The van der Waals surface area contributed by atoms with Crippen molar-refractivity contribution in [2.75, 3.05) is 26.2 Å². The van der Waals surface area contributed by atoms with Crippen molar-refractivity contribution in [3.05, 3.63) is 35.4 Å². The highest BCUT2D eigenvalue weighted by Gasteiger charge is 2.30. The summed E-state index contributed by atoms with van der Waals surface area (Å²) in [5, 5.41) is 9.52. The maximum absolute atomic E-state index is 12.9. The molecule has 0 aromatic heterocycles. The first-order valence-corrected chi connectivity index (χ1v) is 9.43. The molecule has 2 atom stereocenters. The van der Waals surface area contributed by atoms with Crippen molar-refractivity contribution in [2.24, 2.45) is 0 Å². The van der Waals surface area contributed by atoms with E-state index in [2.05, 4.69) is 36.1 Å². The second kappa shape index (κ2) is 8.13. The van der Waals surface area contributed by atoms with E-state index in [1.807, 2.05) is 4.90 Å². The van der Waals surface area contributed by atoms with Crippen LogP contribution in [0.3, 0.4) is 0 Å². The number of hydrogen-bond acceptors (Lipinski definition) is 3. The number of fused-ring (bicyclic) bond motifs is 1. The summed E-state index contributed by atoms with van der Waals surface area (Å²) in [6.45, 7) is 4.12. The Morgan fingerprint density at radius 2 is 2.08 bits per heavy atom. The predicted octanol–water partition coefficient (Wildman–Crippen LogP) is 2.76. The minimum atomic E-state index is 0.0987. The molecule has 1 N–H and O–H groups in total. The van der Waals surface area contributed by atoms with E-state index in [4.69, 9.17) is 0 Å². The molecule has 3 rings (SSSR count). The Balaban J connectivity index is 1.74. The lowest BCUT2D eigenvalue weighted by Crippen LogP contribution is -2.48. The first kappa shape index (κ1) is 17.4. The Morgan fingerprint density at radius 1 is 1.25 bits per heavy atom. The molecular formula is C20H30N2O2. The van der Waals surface area contributed by atoms with Crippen LogP contribution in [0.5, 0.6) is 0 Å². The SMILES string of the molecule is CC1CCCCN1C(=O)CN(CCO)C1CCCc2ccccc21. The van der Waals surface area contributed by atoms with Gasteiger partial charge in [0.1, 0.15) is 0 Å². The number of carbonyl (C=O) groups excluding carboxylic acids is 1. The number of rotatable bonds is 5. The van der Waals surface area contributed by atoms with Gasteiger partial charge in [0.15, 0.2) is 0 Å². The number of nitrogens with zero attached hydrogens (tertiary/aromatic N) is 2. The molecular weight excluding hydrogens is 300 g/mol. The molecule has 0 bridgehead atoms. The van der Waals surface area contributed by atoms with Gasteiger partial charge in [-0.3, -0.25) is 9.69 Å². The van der Waals surface area contributed by atoms with Gasteiger partial charge in [-0.2, -0.15) is 0 Å². The fraction of sp³-hybridized carbons (Fsp3) is 0.650. The maximum atomic E-state index is 12.9. The van der Waals surface area contributed by atoms with Gasteiger partial charge in [-0.25, -0.2) is 0 Å². The average molecular weight is 330 g/mol. The number of likely N-dealkylation sites (tertiary alicyclic amines) is 1. The van der Waals surface area contributed by atoms with Crippen molar-refractivity contribution < 1.29 is 9.90 Å². The number of aliphatic hydroxyl groups excluding tert-OH is 1. The minimum Gasteiger partial charge on any atom is -0.395 e. The average Bonchev–Trinajstić information content (AvgIpc) is 2.61. The summed E-state index contributed by atoms with van der Waals surface area (Å²) < 4.78 is 0. The molecule has 4 heteroatoms. The Labute approximate surface area is 145 Å². The number of aliphatic hydroxyl groups is 1. The highest BCUT2D eigenvalue weighted by Crippen LogP contribution is 2.34. The van der Waals surface area contributed by atoms with Gasteiger partial charge in [0.2, 0.25) is 5.91 Å². The zero-order chi connectivity index (χ0) is 16.9. The van der Waals surface area contributed by atoms with Crippen LogP contribution in [0.25, 0.3) is 0 Å². The van der Waals surface area contributed by atoms with Crippen LogP contribution in [-0.2, 0) is 11.2 Å². The summed E-state index contributed by atoms with van der Waals surface area (Å²) in [6, 6.07) is 9.18. The van der Waals surface area contributed by atoms with E-state index in [0.717, 1.165) is 38.6 Å². The van der Waals surface area contributed by atoms with Crippen molar-refractivity contribution in [1.29, 1.82) is 0 Å². The minimum absolute atomic E-state index is 0.0987. The Morgan fingerprint density at radius 3 is 2.88 bits per heavy atom. The first-order chi connectivity index (χ1) is 11.7. The van der Waals surface area contributed by atoms with Crippen LogP contribution in [0.1, 0.15) is 56.2 Å². The Hall–Kier alpha value is -1.39. The van der Waals surface area contributed by atoms with E-state index in [9.17, 15) is 9.90 Å². The fourth-order valence-electron chi connectivity index (χ4n) is 4.31. The lowest BCUT2D eigenvalue weighted by atomic mass is 9.86. The van der Waals surface area contributed by atoms with Crippen molar-refractivity contribution in [3.63, 3.8) is 0 Å². The Bertz CT molecular complexity index is 560. The Kier molecular flexibility index (Phi) is 5.90. The molecule has 1 heterocycles. The van der Waals surface area contributed by atoms with Gasteiger partial charge in [0.05, 0.1) is 13.2 Å². The highest BCUT2D eigenvalue weighted by molar-refractivity contribution is 5.78. The fourth-order valence-corrected chi connectivity index (χ4v) is 4.31. The summed E-state index contributed by atoms with van der Waals surface area (Å²) in [6.07, 6.45) is 6.79. The zero-order valence-electron chi connectivity index (χ0n) is 14.8. The lowest BCUT2D eigenvalue weighted by molar-refractivity contribution is -0.136. The molecule has 2 unspecified atom stereocenters. The van der Waals surface area contributed by atoms with Gasteiger partial charge in [0, 0.05) is 25.2 Å². The van der Waals surface area contributed by atoms with Crippen molar-refractivity contribution >= 4 is 5.91 Å². The molecule has 1 saturated heterocycles. The monoisotopic (exact) mass is 330 g/mol. The van der Waals surface area contributed by atoms with Crippen LogP contribution >= 0.6 is 0 Å². The molecule has 0 spiro atoms. The number of aryl methyl sites for hydroxylation is 1. The second-order valence-electron chi connectivity index (χ2n) is 7.23. The molecule has 1 aromatic rings. The van der Waals surface area contributed by atoms with E-state index in [1.54, 1.807) is 0 Å². The molecule has 0 saturated carbocycles. The largest absolute Gasteiger partial charge is 0.395 e. The summed E-state index contributed by atoms with van der Waals surface area (Å²) in [4.78, 5) is 17.1. The number of carbonyl (C=O) groups is 1. The number of piperidine rings is 1. The quantitative estimate of drug-likeness (QED) is 0.903. The summed E-state index contributed by atoms with van der Waals surface area (Å²) >= 11 is 0. The number of hydrogen-bond donors (Lipinski definition) is 1. The summed E-state index contributed by atoms with van der Waals surface area (Å²) in [5.41, 5.74) is 2.74. The van der Waals surface area contributed by atoms with Gasteiger partial charge in [-0.05, 0) is 56.6 Å². The smallest absolute Gasteiger partial charge is 0.237 e. The molecule has 1 aliphatic carbocycles. The lowest BCUT2D eigenvalue weighted by Gasteiger charge is -2.38. The number of amides is 1. The highest BCUT2D eigenvalue weighted by atomic mass is 16.3. The van der Waals surface area contributed by atoms with Crippen LogP contribution in [0.15, 0.2) is 24.3 Å². The van der Waals surface area contributed by atoms with E-state index < -0.39 is 0 Å². The summed E-state index contributed by atoms with van der Waals surface area (Å²) in [5.74, 6) is 0.221. The number of benzene rings is 1. The normalized spacial score (nSPS) is 24.0. The van der Waals surface area contributed by atoms with Crippen molar-refractivity contribution in [1.82, 2.24) is 9.80 Å². The van der Waals surface area contributed by atoms with Crippen LogP contribution in [-0.4, -0.2) is 53.1 Å². The third kappa shape index (κ3) is 3.81. The van der Waals surface area contributed by atoms with Gasteiger partial charge in [-0.1, -0.05) is 24.3 Å². The van der Waals surface area contributed by atoms with Crippen molar-refractivity contribution in [2.45, 2.75) is 57.5 Å². The standard InChI is InChI=1S/C20H30N2O2/c1-16-7-4-5-12-22(16)20(24)15-21(13-14-23)19-11-6-9-17-8-2-3-10-18(17)19/h2-3,8,10,16,19,23H,4-7,9,11-15H2,1H3. The zero-order valence-corrected chi connectivity index (χ0v) is 14.8. The molecule has 132 valence electrons. The topological polar surface area (TPSA) is 43.8 Å². The van der Waals surface area contributed by atoms with Crippen LogP contribution in [0, 0.1) is 0 Å². The third-order valence-corrected chi connectivity index (χ3v) is 5.63. The predicted molar refractivity (Wildman–Crippen MR) is 95.8 cm³/mol. The molecule has 0 radical (unpaired) electrons. The molecule has 1 aliphatic heterocycles. The van der Waals surface area contributed by atoms with E-state index in [0.29, 0.717) is 19.1 Å². The van der Waals surface area contributed by atoms with E-state index >= 15 is 0 Å². The van der Waals surface area contributed by atoms with Crippen molar-refractivity contribution in [3.8, 4) is 0 Å². The molecule has 1 aromatic carbocycles. The molecule has 1 amide bonds. The van der Waals surface area contributed by atoms with E-state index in [-0.39, 0.29) is 18.6 Å². The van der Waals surface area contributed by atoms with Crippen LogP contribution in [0.4, 0.5) is 0 Å². The van der Waals surface area contributed by atoms with Gasteiger partial charge in [0.25, 0.3) is 0 Å². The summed E-state index contributed by atoms with van der Waals surface area (Å²) in [7, 11) is 0. The first-order valence-electron chi connectivity index (χ1n) is 9.43. The van der Waals surface area contributed by atoms with Gasteiger partial charge < -0.3 is 10.0 Å². The van der Waals surface area contributed by atoms with Gasteiger partial charge in [-0.15, -0.1) is 0 Å². The second-order valence-corrected chi connectivity index (χ2v) is 7.23. The van der Waals surface area contributed by atoms with Gasteiger partial charge >= 0.3 is 0 Å². The molecule has 1 fully saturated rings. The van der Waals surface area contributed by atoms with Crippen LogP contribution < -0.4 is 0 Å². The molecule has 24 heavy (non-hydrogen) atoms. The van der Waals surface area contributed by atoms with Crippen LogP contribution in [0.2, 0.25) is 0 Å². The maximum Gasteiger partial charge on any atom is 0.237 e. The van der Waals surface area contributed by atoms with E-state index in [1.165, 1.54) is 17.5 Å².